The van der Waals surface area contributed by atoms with E-state index in [9.17, 15) is 14.9 Å². The summed E-state index contributed by atoms with van der Waals surface area (Å²) in [5.74, 6) is -0.557. The predicted octanol–water partition coefficient (Wildman–Crippen LogP) is 4.10. The van der Waals surface area contributed by atoms with E-state index < -0.39 is 10.9 Å². The number of rotatable bonds is 8. The number of nitrogens with zero attached hydrogens (tertiary/aromatic N) is 2. The summed E-state index contributed by atoms with van der Waals surface area (Å²) in [4.78, 5) is 25.1. The van der Waals surface area contributed by atoms with Gasteiger partial charge in [-0.05, 0) is 37.2 Å². The maximum atomic E-state index is 12.3. The fourth-order valence-corrected chi connectivity index (χ4v) is 2.72. The molecule has 2 aromatic rings. The van der Waals surface area contributed by atoms with Crippen molar-refractivity contribution in [2.45, 2.75) is 33.9 Å². The predicted molar refractivity (Wildman–Crippen MR) is 100 cm³/mol. The number of carbonyl (C=O) groups excluding carboxylic acids is 1. The van der Waals surface area contributed by atoms with E-state index in [2.05, 4.69) is 18.7 Å². The van der Waals surface area contributed by atoms with Gasteiger partial charge in [0.15, 0.2) is 0 Å². The fraction of sp³-hybridized carbons (Fsp3) is 0.350. The first-order chi connectivity index (χ1) is 12.5. The smallest absolute Gasteiger partial charge is 0.338 e. The summed E-state index contributed by atoms with van der Waals surface area (Å²) in [6.07, 6.45) is 0. The number of esters is 1. The summed E-state index contributed by atoms with van der Waals surface area (Å²) in [5.41, 5.74) is 2.54. The second-order valence-corrected chi connectivity index (χ2v) is 6.06. The van der Waals surface area contributed by atoms with Gasteiger partial charge in [0.1, 0.15) is 6.61 Å². The van der Waals surface area contributed by atoms with E-state index in [1.165, 1.54) is 23.8 Å². The molecular weight excluding hydrogens is 332 g/mol. The summed E-state index contributed by atoms with van der Waals surface area (Å²) in [5, 5.41) is 11.0. The third-order valence-electron chi connectivity index (χ3n) is 4.42. The number of nitro groups is 1. The zero-order valence-corrected chi connectivity index (χ0v) is 15.4. The lowest BCUT2D eigenvalue weighted by molar-refractivity contribution is -0.385. The molecule has 0 aliphatic carbocycles. The highest BCUT2D eigenvalue weighted by Crippen LogP contribution is 2.22. The van der Waals surface area contributed by atoms with Gasteiger partial charge in [-0.25, -0.2) is 4.79 Å². The van der Waals surface area contributed by atoms with E-state index in [4.69, 9.17) is 4.74 Å². The van der Waals surface area contributed by atoms with Crippen LogP contribution in [0, 0.1) is 17.0 Å². The van der Waals surface area contributed by atoms with E-state index in [0.29, 0.717) is 5.56 Å². The molecule has 0 atom stereocenters. The van der Waals surface area contributed by atoms with Crippen molar-refractivity contribution in [1.82, 2.24) is 4.90 Å². The van der Waals surface area contributed by atoms with Crippen LogP contribution in [0.1, 0.15) is 40.9 Å². The molecular formula is C20H24N2O4. The number of benzene rings is 2. The van der Waals surface area contributed by atoms with Crippen LogP contribution in [0.3, 0.4) is 0 Å². The summed E-state index contributed by atoms with van der Waals surface area (Å²) in [6.45, 7) is 8.83. The van der Waals surface area contributed by atoms with Crippen LogP contribution in [0.15, 0.2) is 42.5 Å². The Labute approximate surface area is 153 Å². The number of ether oxygens (including phenoxy) is 1. The molecule has 2 aromatic carbocycles. The molecule has 0 saturated carbocycles. The standard InChI is InChI=1S/C20H24N2O4/c1-4-21(5-2)13-16-9-11-17(12-10-16)14-26-20(23)18-7-6-8-19(15(18)3)22(24)25/h6-12H,4-5,13-14H2,1-3H3. The van der Waals surface area contributed by atoms with E-state index in [-0.39, 0.29) is 17.9 Å². The molecule has 0 heterocycles. The van der Waals surface area contributed by atoms with Gasteiger partial charge in [0.05, 0.1) is 10.5 Å². The molecule has 0 spiro atoms. The van der Waals surface area contributed by atoms with Gasteiger partial charge in [-0.3, -0.25) is 15.0 Å². The first-order valence-electron chi connectivity index (χ1n) is 8.67. The van der Waals surface area contributed by atoms with Crippen LogP contribution in [0.2, 0.25) is 0 Å². The van der Waals surface area contributed by atoms with Crippen LogP contribution in [0.5, 0.6) is 0 Å². The molecule has 0 saturated heterocycles. The van der Waals surface area contributed by atoms with Gasteiger partial charge in [-0.2, -0.15) is 0 Å². The van der Waals surface area contributed by atoms with E-state index in [1.807, 2.05) is 24.3 Å². The quantitative estimate of drug-likeness (QED) is 0.404. The zero-order valence-electron chi connectivity index (χ0n) is 15.4. The molecule has 0 fully saturated rings. The molecule has 0 amide bonds. The highest BCUT2D eigenvalue weighted by molar-refractivity contribution is 5.92. The number of nitro benzene ring substituents is 1. The van der Waals surface area contributed by atoms with Crippen molar-refractivity contribution < 1.29 is 14.5 Å². The summed E-state index contributed by atoms with van der Waals surface area (Å²) in [7, 11) is 0. The molecule has 6 heteroatoms. The molecule has 0 aliphatic rings. The van der Waals surface area contributed by atoms with Crippen LogP contribution < -0.4 is 0 Å². The van der Waals surface area contributed by atoms with Crippen LogP contribution >= 0.6 is 0 Å². The summed E-state index contributed by atoms with van der Waals surface area (Å²) >= 11 is 0. The number of carbonyl (C=O) groups is 1. The Morgan fingerprint density at radius 1 is 1.08 bits per heavy atom. The lowest BCUT2D eigenvalue weighted by Crippen LogP contribution is -2.22. The highest BCUT2D eigenvalue weighted by Gasteiger charge is 2.18. The normalized spacial score (nSPS) is 10.8. The molecule has 26 heavy (non-hydrogen) atoms. The van der Waals surface area contributed by atoms with Crippen LogP contribution in [-0.2, 0) is 17.9 Å². The van der Waals surface area contributed by atoms with Gasteiger partial charge in [-0.15, -0.1) is 0 Å². The van der Waals surface area contributed by atoms with Gasteiger partial charge in [0.25, 0.3) is 5.69 Å². The first kappa shape index (κ1) is 19.6. The third-order valence-corrected chi connectivity index (χ3v) is 4.42. The molecule has 0 aromatic heterocycles. The lowest BCUT2D eigenvalue weighted by atomic mass is 10.1. The van der Waals surface area contributed by atoms with E-state index in [0.717, 1.165) is 25.2 Å². The minimum Gasteiger partial charge on any atom is -0.457 e. The monoisotopic (exact) mass is 356 g/mol. The minimum atomic E-state index is -0.557. The third kappa shape index (κ3) is 4.89. The Morgan fingerprint density at radius 3 is 2.27 bits per heavy atom. The SMILES string of the molecule is CCN(CC)Cc1ccc(COC(=O)c2cccc([N+](=O)[O-])c2C)cc1. The van der Waals surface area contributed by atoms with Crippen molar-refractivity contribution in [1.29, 1.82) is 0 Å². The van der Waals surface area contributed by atoms with Crippen molar-refractivity contribution in [3.05, 3.63) is 74.8 Å². The van der Waals surface area contributed by atoms with Crippen LogP contribution in [0.25, 0.3) is 0 Å². The van der Waals surface area contributed by atoms with Gasteiger partial charge in [-0.1, -0.05) is 44.2 Å². The molecule has 0 bridgehead atoms. The number of hydrogen-bond acceptors (Lipinski definition) is 5. The molecule has 0 unspecified atom stereocenters. The van der Waals surface area contributed by atoms with E-state index in [1.54, 1.807) is 6.92 Å². The van der Waals surface area contributed by atoms with Gasteiger partial charge < -0.3 is 4.74 Å². The Bertz CT molecular complexity index is 768. The van der Waals surface area contributed by atoms with Gasteiger partial charge in [0, 0.05) is 18.2 Å². The van der Waals surface area contributed by atoms with Crippen LogP contribution in [-0.4, -0.2) is 28.9 Å². The zero-order chi connectivity index (χ0) is 19.1. The maximum absolute atomic E-state index is 12.3. The van der Waals surface area contributed by atoms with Crippen molar-refractivity contribution in [3.63, 3.8) is 0 Å². The van der Waals surface area contributed by atoms with Crippen molar-refractivity contribution in [2.75, 3.05) is 13.1 Å². The Balaban J connectivity index is 2.00. The van der Waals surface area contributed by atoms with Crippen molar-refractivity contribution >= 4 is 11.7 Å². The summed E-state index contributed by atoms with van der Waals surface area (Å²) < 4.78 is 5.32. The molecule has 138 valence electrons. The van der Waals surface area contributed by atoms with Crippen LogP contribution in [0.4, 0.5) is 5.69 Å². The largest absolute Gasteiger partial charge is 0.457 e. The Hall–Kier alpha value is -2.73. The maximum Gasteiger partial charge on any atom is 0.338 e. The minimum absolute atomic E-state index is 0.0831. The Morgan fingerprint density at radius 2 is 1.69 bits per heavy atom. The molecule has 2 rings (SSSR count). The van der Waals surface area contributed by atoms with Crippen molar-refractivity contribution in [2.24, 2.45) is 0 Å². The van der Waals surface area contributed by atoms with Gasteiger partial charge in [0.2, 0.25) is 0 Å². The Kier molecular flexibility index (Phi) is 6.86. The lowest BCUT2D eigenvalue weighted by Gasteiger charge is -2.18. The average Bonchev–Trinajstić information content (AvgIpc) is 2.65. The molecule has 0 aliphatic heterocycles. The highest BCUT2D eigenvalue weighted by atomic mass is 16.6. The van der Waals surface area contributed by atoms with Crippen molar-refractivity contribution in [3.8, 4) is 0 Å². The topological polar surface area (TPSA) is 72.7 Å². The second kappa shape index (κ2) is 9.10. The second-order valence-electron chi connectivity index (χ2n) is 6.06. The molecule has 0 N–H and O–H groups in total. The summed E-state index contributed by atoms with van der Waals surface area (Å²) in [6, 6.07) is 12.3. The average molecular weight is 356 g/mol. The number of hydrogen-bond donors (Lipinski definition) is 0. The first-order valence-corrected chi connectivity index (χ1v) is 8.67. The molecule has 6 nitrogen and oxygen atoms in total. The fourth-order valence-electron chi connectivity index (χ4n) is 2.72. The molecule has 0 radical (unpaired) electrons. The van der Waals surface area contributed by atoms with E-state index >= 15 is 0 Å². The van der Waals surface area contributed by atoms with Gasteiger partial charge >= 0.3 is 5.97 Å².